The molecule has 10 heteroatoms. The van der Waals surface area contributed by atoms with Crippen molar-refractivity contribution in [3.8, 4) is 5.75 Å². The van der Waals surface area contributed by atoms with E-state index in [9.17, 15) is 8.42 Å². The van der Waals surface area contributed by atoms with E-state index >= 15 is 0 Å². The van der Waals surface area contributed by atoms with Gasteiger partial charge >= 0.3 is 0 Å². The molecule has 0 bridgehead atoms. The molecule has 32 heavy (non-hydrogen) atoms. The molecule has 1 saturated heterocycles. The van der Waals surface area contributed by atoms with E-state index in [-0.39, 0.29) is 10.9 Å². The lowest BCUT2D eigenvalue weighted by Crippen LogP contribution is -2.37. The van der Waals surface area contributed by atoms with Crippen molar-refractivity contribution >= 4 is 26.8 Å². The molecule has 1 aromatic carbocycles. The molecule has 3 aromatic rings. The van der Waals surface area contributed by atoms with Crippen molar-refractivity contribution in [2.75, 3.05) is 38.3 Å². The topological polar surface area (TPSA) is 99.4 Å². The van der Waals surface area contributed by atoms with Crippen LogP contribution in [-0.4, -0.2) is 61.3 Å². The van der Waals surface area contributed by atoms with Crippen LogP contribution >= 0.6 is 0 Å². The highest BCUT2D eigenvalue weighted by molar-refractivity contribution is 7.90. The van der Waals surface area contributed by atoms with E-state index in [0.29, 0.717) is 54.6 Å². The first kappa shape index (κ1) is 22.5. The zero-order valence-electron chi connectivity index (χ0n) is 18.7. The molecule has 0 aliphatic carbocycles. The maximum Gasteiger partial charge on any atom is 0.251 e. The maximum atomic E-state index is 13.4. The summed E-state index contributed by atoms with van der Waals surface area (Å²) in [6, 6.07) is 6.98. The normalized spacial score (nSPS) is 14.8. The fourth-order valence-corrected chi connectivity index (χ4v) is 5.09. The first-order chi connectivity index (χ1) is 15.5. The van der Waals surface area contributed by atoms with Gasteiger partial charge in [-0.1, -0.05) is 26.0 Å². The lowest BCUT2D eigenvalue weighted by molar-refractivity contribution is 0.122. The molecule has 1 fully saturated rings. The van der Waals surface area contributed by atoms with Gasteiger partial charge in [-0.05, 0) is 24.1 Å². The number of fused-ring (bicyclic) bond motifs is 1. The minimum atomic E-state index is -3.78. The molecular weight excluding hydrogens is 430 g/mol. The first-order valence-corrected chi connectivity index (χ1v) is 12.6. The Morgan fingerprint density at radius 2 is 1.78 bits per heavy atom. The lowest BCUT2D eigenvalue weighted by Gasteiger charge is -2.28. The van der Waals surface area contributed by atoms with E-state index in [1.54, 1.807) is 31.4 Å². The SMILES string of the molecule is CCCn1c(CC)nc2c(N3CCOCC3)nc(S(=O)(=O)Cc3ccc(OC)cc3)nc21. The maximum absolute atomic E-state index is 13.4. The van der Waals surface area contributed by atoms with E-state index in [1.165, 1.54) is 0 Å². The van der Waals surface area contributed by atoms with Crippen molar-refractivity contribution in [3.05, 3.63) is 35.7 Å². The van der Waals surface area contributed by atoms with Crippen LogP contribution in [0.25, 0.3) is 11.2 Å². The number of hydrogen-bond donors (Lipinski definition) is 0. The van der Waals surface area contributed by atoms with Gasteiger partial charge in [0.05, 0.1) is 26.1 Å². The van der Waals surface area contributed by atoms with Crippen LogP contribution in [0.15, 0.2) is 29.4 Å². The molecule has 0 N–H and O–H groups in total. The predicted octanol–water partition coefficient (Wildman–Crippen LogP) is 2.62. The number of ether oxygens (including phenoxy) is 2. The van der Waals surface area contributed by atoms with Gasteiger partial charge in [-0.15, -0.1) is 0 Å². The molecule has 0 unspecified atom stereocenters. The number of rotatable bonds is 8. The third-order valence-electron chi connectivity index (χ3n) is 5.50. The summed E-state index contributed by atoms with van der Waals surface area (Å²) in [7, 11) is -2.20. The summed E-state index contributed by atoms with van der Waals surface area (Å²) in [5, 5.41) is -0.165. The smallest absolute Gasteiger partial charge is 0.251 e. The van der Waals surface area contributed by atoms with Gasteiger partial charge in [0.2, 0.25) is 9.84 Å². The average Bonchev–Trinajstić information content (AvgIpc) is 3.17. The minimum absolute atomic E-state index is 0.165. The van der Waals surface area contributed by atoms with Crippen molar-refractivity contribution in [2.24, 2.45) is 0 Å². The van der Waals surface area contributed by atoms with Gasteiger partial charge in [-0.3, -0.25) is 0 Å². The number of aromatic nitrogens is 4. The van der Waals surface area contributed by atoms with E-state index in [1.807, 2.05) is 16.4 Å². The standard InChI is InChI=1S/C22H29N5O4S/c1-4-10-27-18(5-2)23-19-20(26-11-13-31-14-12-26)24-22(25-21(19)27)32(28,29)15-16-6-8-17(30-3)9-7-16/h6-9H,4-5,10-15H2,1-3H3. The third-order valence-corrected chi connectivity index (χ3v) is 6.96. The van der Waals surface area contributed by atoms with Crippen molar-refractivity contribution in [1.29, 1.82) is 0 Å². The predicted molar refractivity (Wildman–Crippen MR) is 122 cm³/mol. The number of imidazole rings is 1. The third kappa shape index (κ3) is 4.42. The molecule has 4 rings (SSSR count). The Morgan fingerprint density at radius 1 is 1.06 bits per heavy atom. The number of aryl methyl sites for hydroxylation is 2. The van der Waals surface area contributed by atoms with Crippen LogP contribution in [0.5, 0.6) is 5.75 Å². The van der Waals surface area contributed by atoms with Crippen LogP contribution in [0.4, 0.5) is 5.82 Å². The molecule has 1 aliphatic heterocycles. The zero-order chi connectivity index (χ0) is 22.7. The molecule has 1 aliphatic rings. The van der Waals surface area contributed by atoms with Gasteiger partial charge in [-0.2, -0.15) is 9.97 Å². The minimum Gasteiger partial charge on any atom is -0.497 e. The fraction of sp³-hybridized carbons (Fsp3) is 0.500. The molecule has 2 aromatic heterocycles. The van der Waals surface area contributed by atoms with Crippen molar-refractivity contribution in [1.82, 2.24) is 19.5 Å². The summed E-state index contributed by atoms with van der Waals surface area (Å²) >= 11 is 0. The van der Waals surface area contributed by atoms with Crippen LogP contribution in [-0.2, 0) is 33.3 Å². The molecule has 0 saturated carbocycles. The number of morpholine rings is 1. The molecule has 172 valence electrons. The molecule has 0 spiro atoms. The van der Waals surface area contributed by atoms with Crippen LogP contribution < -0.4 is 9.64 Å². The number of anilines is 1. The van der Waals surface area contributed by atoms with E-state index in [2.05, 4.69) is 16.9 Å². The Balaban J connectivity index is 1.82. The zero-order valence-corrected chi connectivity index (χ0v) is 19.6. The molecule has 0 atom stereocenters. The van der Waals surface area contributed by atoms with Gasteiger partial charge < -0.3 is 18.9 Å². The highest BCUT2D eigenvalue weighted by atomic mass is 32.2. The largest absolute Gasteiger partial charge is 0.497 e. The van der Waals surface area contributed by atoms with Crippen LogP contribution in [0.3, 0.4) is 0 Å². The van der Waals surface area contributed by atoms with Crippen molar-refractivity contribution in [3.63, 3.8) is 0 Å². The summed E-state index contributed by atoms with van der Waals surface area (Å²) in [5.74, 6) is 1.94. The van der Waals surface area contributed by atoms with Gasteiger partial charge in [0.25, 0.3) is 5.16 Å². The molecule has 9 nitrogen and oxygen atoms in total. The second kappa shape index (κ2) is 9.41. The highest BCUT2D eigenvalue weighted by Gasteiger charge is 2.27. The number of nitrogens with zero attached hydrogens (tertiary/aromatic N) is 5. The Kier molecular flexibility index (Phi) is 6.61. The van der Waals surface area contributed by atoms with Crippen molar-refractivity contribution in [2.45, 2.75) is 44.1 Å². The summed E-state index contributed by atoms with van der Waals surface area (Å²) in [6.07, 6.45) is 1.62. The van der Waals surface area contributed by atoms with Gasteiger partial charge in [0.15, 0.2) is 17.0 Å². The van der Waals surface area contributed by atoms with Gasteiger partial charge in [0, 0.05) is 26.1 Å². The molecule has 3 heterocycles. The molecule has 0 amide bonds. The average molecular weight is 460 g/mol. The van der Waals surface area contributed by atoms with Gasteiger partial charge in [0.1, 0.15) is 11.6 Å². The second-order valence-corrected chi connectivity index (χ2v) is 9.63. The number of benzene rings is 1. The molecule has 0 radical (unpaired) electrons. The van der Waals surface area contributed by atoms with Gasteiger partial charge in [-0.25, -0.2) is 13.4 Å². The number of hydrogen-bond acceptors (Lipinski definition) is 8. The Morgan fingerprint density at radius 3 is 2.41 bits per heavy atom. The van der Waals surface area contributed by atoms with Crippen LogP contribution in [0.1, 0.15) is 31.7 Å². The van der Waals surface area contributed by atoms with Crippen LogP contribution in [0.2, 0.25) is 0 Å². The van der Waals surface area contributed by atoms with E-state index in [0.717, 1.165) is 25.2 Å². The van der Waals surface area contributed by atoms with Crippen LogP contribution in [0, 0.1) is 0 Å². The summed E-state index contributed by atoms with van der Waals surface area (Å²) in [4.78, 5) is 15.9. The van der Waals surface area contributed by atoms with E-state index in [4.69, 9.17) is 14.5 Å². The summed E-state index contributed by atoms with van der Waals surface area (Å²) in [5.41, 5.74) is 1.88. The summed E-state index contributed by atoms with van der Waals surface area (Å²) < 4.78 is 39.4. The van der Waals surface area contributed by atoms with E-state index < -0.39 is 9.84 Å². The number of methoxy groups -OCH3 is 1. The monoisotopic (exact) mass is 459 g/mol. The van der Waals surface area contributed by atoms with Crippen molar-refractivity contribution < 1.29 is 17.9 Å². The lowest BCUT2D eigenvalue weighted by atomic mass is 10.2. The quantitative estimate of drug-likeness (QED) is 0.474. The first-order valence-electron chi connectivity index (χ1n) is 10.9. The number of sulfone groups is 1. The Labute approximate surface area is 188 Å². The second-order valence-electron chi connectivity index (χ2n) is 7.74. The highest BCUT2D eigenvalue weighted by Crippen LogP contribution is 2.28. The molecular formula is C22H29N5O4S. The summed E-state index contributed by atoms with van der Waals surface area (Å²) in [6.45, 7) is 7.23. The fourth-order valence-electron chi connectivity index (χ4n) is 3.88. The Bertz CT molecular complexity index is 1190. The Hall–Kier alpha value is -2.72.